The molecule has 0 atom stereocenters. The Morgan fingerprint density at radius 2 is 1.40 bits per heavy atom. The van der Waals surface area contributed by atoms with Crippen LogP contribution in [-0.2, 0) is 17.1 Å². The van der Waals surface area contributed by atoms with Gasteiger partial charge in [0.15, 0.2) is 0 Å². The van der Waals surface area contributed by atoms with E-state index in [0.717, 1.165) is 6.42 Å². The van der Waals surface area contributed by atoms with E-state index in [1.807, 2.05) is 0 Å². The van der Waals surface area contributed by atoms with E-state index in [4.69, 9.17) is 11.8 Å². The first-order chi connectivity index (χ1) is 2.91. The Kier molecular flexibility index (Phi) is 363. The average molecular weight is 176 g/mol. The Balaban J connectivity index is -0.00000000625. The molecular weight excluding hydrogens is 164 g/mol. The van der Waals surface area contributed by atoms with E-state index in [2.05, 4.69) is 13.8 Å². The first kappa shape index (κ1) is 43.1. The molecule has 4 heteroatoms. The van der Waals surface area contributed by atoms with Gasteiger partial charge in [-0.2, -0.15) is 6.42 Å². The predicted molar refractivity (Wildman–Crippen MR) is 31.6 cm³/mol. The van der Waals surface area contributed by atoms with Gasteiger partial charge in [-0.1, -0.05) is 13.3 Å². The van der Waals surface area contributed by atoms with Crippen LogP contribution in [0.2, 0.25) is 0 Å². The van der Waals surface area contributed by atoms with Crippen molar-refractivity contribution in [3.05, 3.63) is 20.9 Å². The van der Waals surface area contributed by atoms with E-state index in [1.165, 1.54) is 6.42 Å². The third-order valence-electron chi connectivity index (χ3n) is 0.354. The van der Waals surface area contributed by atoms with Crippen molar-refractivity contribution < 1.29 is 54.8 Å². The largest absolute Gasteiger partial charge is 1.00 e. The summed E-state index contributed by atoms with van der Waals surface area (Å²) < 4.78 is 0. The summed E-state index contributed by atoms with van der Waals surface area (Å²) in [4.78, 5) is 0. The fourth-order valence-electron chi connectivity index (χ4n) is 0. The smallest absolute Gasteiger partial charge is 0.512 e. The van der Waals surface area contributed by atoms with Gasteiger partial charge in [-0.05, 0) is 0 Å². The van der Waals surface area contributed by atoms with Crippen molar-refractivity contribution in [1.82, 2.24) is 0 Å². The topological polar surface area (TPSA) is 23.8 Å². The summed E-state index contributed by atoms with van der Waals surface area (Å²) >= 11 is 0. The Bertz CT molecular complexity index is 32.2. The molecule has 0 unspecified atom stereocenters. The van der Waals surface area contributed by atoms with Crippen molar-refractivity contribution in [2.45, 2.75) is 19.8 Å². The van der Waals surface area contributed by atoms with Crippen LogP contribution in [0.15, 0.2) is 0 Å². The molecule has 0 aromatic carbocycles. The molecular formula is C6H12CuLi2N. The van der Waals surface area contributed by atoms with Crippen LogP contribution in [0, 0.1) is 26.2 Å². The van der Waals surface area contributed by atoms with Gasteiger partial charge in [-0.15, -0.1) is 0 Å². The zero-order valence-electron chi connectivity index (χ0n) is 7.37. The van der Waals surface area contributed by atoms with Crippen molar-refractivity contribution in [3.8, 4) is 0 Å². The molecule has 0 amide bonds. The first-order valence-corrected chi connectivity index (χ1v) is 1.93. The van der Waals surface area contributed by atoms with Gasteiger partial charge in [-0.3, -0.25) is 0 Å². The van der Waals surface area contributed by atoms with Gasteiger partial charge >= 0.3 is 54.8 Å². The fourth-order valence-corrected chi connectivity index (χ4v) is 0. The van der Waals surface area contributed by atoms with Crippen LogP contribution in [0.3, 0.4) is 0 Å². The minimum absolute atomic E-state index is 0. The average Bonchev–Trinajstić information content (AvgIpc) is 1.72. The third-order valence-corrected chi connectivity index (χ3v) is 0.354. The standard InChI is InChI=1S/C4H9.CN.CH3.Cu.2Li/c1-3-4-2;1-2;;;;/h1,3-4H2,2H3;;1H3;;;/q3*-1;3*+1. The second kappa shape index (κ2) is 84.2. The normalized spacial score (nSPS) is 3.20. The first-order valence-electron chi connectivity index (χ1n) is 1.93. The SMILES string of the molecule is [C-]#N.[CH2-]CCC.[CH3-].[Cu+].[Li+].[Li+]. The maximum atomic E-state index is 6.25. The summed E-state index contributed by atoms with van der Waals surface area (Å²) in [5, 5.41) is 6.25. The zero-order chi connectivity index (χ0) is 5.41. The minimum atomic E-state index is 0. The monoisotopic (exact) mass is 175 g/mol. The molecule has 0 spiro atoms. The van der Waals surface area contributed by atoms with Gasteiger partial charge in [0.25, 0.3) is 0 Å². The van der Waals surface area contributed by atoms with E-state index in [1.54, 1.807) is 0 Å². The molecule has 0 saturated carbocycles. The quantitative estimate of drug-likeness (QED) is 0.296. The Morgan fingerprint density at radius 3 is 1.40 bits per heavy atom. The Hall–Kier alpha value is 1.20. The molecule has 0 bridgehead atoms. The van der Waals surface area contributed by atoms with Gasteiger partial charge in [0.05, 0.1) is 0 Å². The number of hydrogen-bond acceptors (Lipinski definition) is 1. The van der Waals surface area contributed by atoms with Crippen molar-refractivity contribution in [1.29, 1.82) is 5.26 Å². The second-order valence-electron chi connectivity index (χ2n) is 0.854. The van der Waals surface area contributed by atoms with E-state index in [-0.39, 0.29) is 62.2 Å². The zero-order valence-corrected chi connectivity index (χ0v) is 8.31. The van der Waals surface area contributed by atoms with Crippen LogP contribution in [-0.4, -0.2) is 0 Å². The molecule has 0 aliphatic heterocycles. The Morgan fingerprint density at radius 1 is 1.30 bits per heavy atom. The van der Waals surface area contributed by atoms with E-state index >= 15 is 0 Å². The predicted octanol–water partition coefficient (Wildman–Crippen LogP) is -3.83. The summed E-state index contributed by atoms with van der Waals surface area (Å²) in [6.45, 7) is 10.5. The van der Waals surface area contributed by atoms with E-state index in [0.29, 0.717) is 0 Å². The number of hydrogen-bond donors (Lipinski definition) is 0. The van der Waals surface area contributed by atoms with Crippen molar-refractivity contribution in [3.63, 3.8) is 0 Å². The summed E-state index contributed by atoms with van der Waals surface area (Å²) in [6, 6.07) is 0. The molecule has 0 N–H and O–H groups in total. The van der Waals surface area contributed by atoms with Crippen LogP contribution in [0.5, 0.6) is 0 Å². The number of rotatable bonds is 1. The number of unbranched alkanes of at least 4 members (excludes halogenated alkanes) is 1. The van der Waals surface area contributed by atoms with E-state index in [9.17, 15) is 0 Å². The molecule has 0 aromatic rings. The third kappa shape index (κ3) is 128. The molecule has 0 radical (unpaired) electrons. The van der Waals surface area contributed by atoms with Crippen molar-refractivity contribution >= 4 is 0 Å². The molecule has 0 saturated heterocycles. The van der Waals surface area contributed by atoms with E-state index < -0.39 is 0 Å². The maximum absolute atomic E-state index is 6.25. The molecule has 54 valence electrons. The van der Waals surface area contributed by atoms with Crippen LogP contribution >= 0.6 is 0 Å². The number of nitrogens with zero attached hydrogens (tertiary/aromatic N) is 1. The van der Waals surface area contributed by atoms with Gasteiger partial charge in [0.2, 0.25) is 0 Å². The van der Waals surface area contributed by atoms with Crippen LogP contribution in [0.1, 0.15) is 19.8 Å². The van der Waals surface area contributed by atoms with Crippen LogP contribution < -0.4 is 37.7 Å². The van der Waals surface area contributed by atoms with Crippen LogP contribution in [0.25, 0.3) is 0 Å². The van der Waals surface area contributed by atoms with Crippen LogP contribution in [0.4, 0.5) is 0 Å². The van der Waals surface area contributed by atoms with Gasteiger partial charge in [-0.25, -0.2) is 0 Å². The molecule has 0 rings (SSSR count). The second-order valence-corrected chi connectivity index (χ2v) is 0.854. The van der Waals surface area contributed by atoms with Crippen molar-refractivity contribution in [2.75, 3.05) is 0 Å². The molecule has 10 heavy (non-hydrogen) atoms. The molecule has 0 fully saturated rings. The molecule has 0 aliphatic carbocycles. The maximum Gasteiger partial charge on any atom is 1.00 e. The van der Waals surface area contributed by atoms with Gasteiger partial charge in [0, 0.05) is 0 Å². The summed E-state index contributed by atoms with van der Waals surface area (Å²) in [7, 11) is 0. The van der Waals surface area contributed by atoms with Gasteiger partial charge in [0.1, 0.15) is 0 Å². The summed E-state index contributed by atoms with van der Waals surface area (Å²) in [5.74, 6) is 0. The molecule has 1 nitrogen and oxygen atoms in total. The summed E-state index contributed by atoms with van der Waals surface area (Å²) in [6.07, 6.45) is 2.28. The minimum Gasteiger partial charge on any atom is -0.512 e. The molecule has 0 heterocycles. The van der Waals surface area contributed by atoms with Crippen molar-refractivity contribution in [2.24, 2.45) is 0 Å². The molecule has 0 aromatic heterocycles. The fraction of sp³-hybridized carbons (Fsp3) is 0.500. The Labute approximate surface area is 100 Å². The van der Waals surface area contributed by atoms with Gasteiger partial charge < -0.3 is 26.2 Å². The summed E-state index contributed by atoms with van der Waals surface area (Å²) in [5.41, 5.74) is 0. The molecule has 0 aliphatic rings.